The van der Waals surface area contributed by atoms with Crippen molar-refractivity contribution in [1.82, 2.24) is 0 Å². The number of benzene rings is 3. The van der Waals surface area contributed by atoms with Gasteiger partial charge in [0.05, 0.1) is 35.5 Å². The molecule has 4 rings (SSSR count). The molecule has 0 N–H and O–H groups in total. The zero-order chi connectivity index (χ0) is 28.3. The van der Waals surface area contributed by atoms with E-state index in [0.29, 0.717) is 45.8 Å². The minimum Gasteiger partial charge on any atom is -0.496 e. The summed E-state index contributed by atoms with van der Waals surface area (Å²) in [6, 6.07) is 12.3. The number of fused-ring (bicyclic) bond motifs is 1. The van der Waals surface area contributed by atoms with E-state index in [4.69, 9.17) is 44.4 Å². The Morgan fingerprint density at radius 1 is 0.821 bits per heavy atom. The van der Waals surface area contributed by atoms with Gasteiger partial charge in [-0.25, -0.2) is 0 Å². The lowest BCUT2D eigenvalue weighted by Crippen LogP contribution is -2.15. The molecule has 0 aliphatic carbocycles. The summed E-state index contributed by atoms with van der Waals surface area (Å²) in [6.07, 6.45) is 0.0687. The molecule has 0 aliphatic rings. The first-order valence-electron chi connectivity index (χ1n) is 12.3. The molecule has 4 aromatic rings. The molecule has 0 saturated heterocycles. The average molecular weight is 555 g/mol. The van der Waals surface area contributed by atoms with Gasteiger partial charge >= 0.3 is 0 Å². The number of hydrogen-bond donors (Lipinski definition) is 0. The molecule has 0 fully saturated rings. The molecule has 1 atom stereocenters. The van der Waals surface area contributed by atoms with Crippen molar-refractivity contribution < 1.29 is 32.8 Å². The quantitative estimate of drug-likeness (QED) is 0.207. The van der Waals surface area contributed by atoms with Crippen LogP contribution in [-0.2, 0) is 0 Å². The van der Waals surface area contributed by atoms with Gasteiger partial charge in [-0.1, -0.05) is 30.7 Å². The van der Waals surface area contributed by atoms with Gasteiger partial charge < -0.3 is 32.8 Å². The minimum atomic E-state index is -0.492. The number of aryl methyl sites for hydroxylation is 1. The van der Waals surface area contributed by atoms with Crippen LogP contribution in [0.2, 0.25) is 5.02 Å². The molecule has 0 bridgehead atoms. The fourth-order valence-electron chi connectivity index (χ4n) is 4.37. The third kappa shape index (κ3) is 5.29. The first-order valence-corrected chi connectivity index (χ1v) is 12.6. The Morgan fingerprint density at radius 2 is 1.49 bits per heavy atom. The zero-order valence-electron chi connectivity index (χ0n) is 23.0. The number of rotatable bonds is 10. The van der Waals surface area contributed by atoms with E-state index in [9.17, 15) is 4.79 Å². The van der Waals surface area contributed by atoms with Gasteiger partial charge in [-0.3, -0.25) is 4.79 Å². The smallest absolute Gasteiger partial charge is 0.239 e. The van der Waals surface area contributed by atoms with Crippen LogP contribution in [-0.4, -0.2) is 35.5 Å². The predicted octanol–water partition coefficient (Wildman–Crippen LogP) is 6.99. The lowest BCUT2D eigenvalue weighted by molar-refractivity contribution is 0.196. The fraction of sp³-hybridized carbons (Fsp3) is 0.300. The molecule has 0 amide bonds. The fourth-order valence-corrected chi connectivity index (χ4v) is 4.56. The van der Waals surface area contributed by atoms with Crippen molar-refractivity contribution in [2.45, 2.75) is 26.4 Å². The van der Waals surface area contributed by atoms with Crippen LogP contribution in [0.5, 0.6) is 34.5 Å². The Bertz CT molecular complexity index is 1530. The highest BCUT2D eigenvalue weighted by Crippen LogP contribution is 2.45. The average Bonchev–Trinajstić information content (AvgIpc) is 2.96. The van der Waals surface area contributed by atoms with E-state index in [0.717, 1.165) is 11.1 Å². The van der Waals surface area contributed by atoms with Crippen molar-refractivity contribution >= 4 is 22.6 Å². The van der Waals surface area contributed by atoms with Crippen molar-refractivity contribution in [2.24, 2.45) is 0 Å². The van der Waals surface area contributed by atoms with Crippen molar-refractivity contribution in [3.63, 3.8) is 0 Å². The van der Waals surface area contributed by atoms with Crippen LogP contribution in [0.15, 0.2) is 51.7 Å². The summed E-state index contributed by atoms with van der Waals surface area (Å²) in [5.74, 6) is 2.13. The molecule has 1 heterocycles. The third-order valence-electron chi connectivity index (χ3n) is 6.47. The van der Waals surface area contributed by atoms with E-state index in [-0.39, 0.29) is 22.5 Å². The molecule has 3 aromatic carbocycles. The van der Waals surface area contributed by atoms with Gasteiger partial charge in [-0.15, -0.1) is 0 Å². The molecule has 1 aromatic heterocycles. The molecule has 0 saturated carbocycles. The molecule has 0 aliphatic heterocycles. The predicted molar refractivity (Wildman–Crippen MR) is 151 cm³/mol. The first-order chi connectivity index (χ1) is 18.8. The highest BCUT2D eigenvalue weighted by atomic mass is 35.5. The number of methoxy groups -OCH3 is 5. The summed E-state index contributed by atoms with van der Waals surface area (Å²) in [5.41, 5.74) is 2.11. The Morgan fingerprint density at radius 3 is 2.03 bits per heavy atom. The second-order valence-electron chi connectivity index (χ2n) is 8.73. The van der Waals surface area contributed by atoms with Crippen LogP contribution < -0.4 is 33.8 Å². The van der Waals surface area contributed by atoms with E-state index in [1.807, 2.05) is 32.0 Å². The third-order valence-corrected chi connectivity index (χ3v) is 6.88. The van der Waals surface area contributed by atoms with Gasteiger partial charge in [-0.2, -0.15) is 0 Å². The van der Waals surface area contributed by atoms with E-state index in [1.165, 1.54) is 35.5 Å². The lowest BCUT2D eigenvalue weighted by atomic mass is 10.0. The van der Waals surface area contributed by atoms with E-state index < -0.39 is 11.5 Å². The summed E-state index contributed by atoms with van der Waals surface area (Å²) in [7, 11) is 7.54. The van der Waals surface area contributed by atoms with Crippen molar-refractivity contribution in [3.8, 4) is 45.8 Å². The Labute approximate surface area is 231 Å². The summed E-state index contributed by atoms with van der Waals surface area (Å²) in [6.45, 7) is 3.89. The van der Waals surface area contributed by atoms with Crippen molar-refractivity contribution in [3.05, 3.63) is 68.8 Å². The molecule has 39 heavy (non-hydrogen) atoms. The van der Waals surface area contributed by atoms with Crippen LogP contribution in [0.4, 0.5) is 0 Å². The maximum atomic E-state index is 14.1. The van der Waals surface area contributed by atoms with Crippen LogP contribution >= 0.6 is 11.6 Å². The van der Waals surface area contributed by atoms with E-state index in [1.54, 1.807) is 24.3 Å². The summed E-state index contributed by atoms with van der Waals surface area (Å²) in [4.78, 5) is 14.1. The molecule has 9 heteroatoms. The van der Waals surface area contributed by atoms with Crippen LogP contribution in [0, 0.1) is 6.92 Å². The number of halogens is 1. The van der Waals surface area contributed by atoms with Crippen molar-refractivity contribution in [1.29, 1.82) is 0 Å². The number of ether oxygens (including phenoxy) is 6. The molecule has 1 unspecified atom stereocenters. The second-order valence-corrected chi connectivity index (χ2v) is 9.14. The standard InChI is InChI=1S/C30H31ClO8/c1-8-21(17-10-9-16(2)20(31)11-17)38-30-27(32)26-22(34-4)14-19(33-3)15-23(26)39-28(30)18-12-24(35-5)29(37-7)25(13-18)36-6/h9-15,21H,8H2,1-7H3. The van der Waals surface area contributed by atoms with Gasteiger partial charge in [0.25, 0.3) is 0 Å². The molecule has 206 valence electrons. The Hall–Kier alpha value is -4.04. The van der Waals surface area contributed by atoms with Crippen LogP contribution in [0.3, 0.4) is 0 Å². The highest BCUT2D eigenvalue weighted by Gasteiger charge is 2.26. The largest absolute Gasteiger partial charge is 0.496 e. The zero-order valence-corrected chi connectivity index (χ0v) is 23.7. The topological polar surface area (TPSA) is 85.6 Å². The monoisotopic (exact) mass is 554 g/mol. The van der Waals surface area contributed by atoms with E-state index >= 15 is 0 Å². The van der Waals surface area contributed by atoms with Gasteiger partial charge in [0.15, 0.2) is 17.3 Å². The lowest BCUT2D eigenvalue weighted by Gasteiger charge is -2.21. The molecular formula is C30H31ClO8. The maximum Gasteiger partial charge on any atom is 0.239 e. The van der Waals surface area contributed by atoms with E-state index in [2.05, 4.69) is 0 Å². The van der Waals surface area contributed by atoms with Crippen LogP contribution in [0.25, 0.3) is 22.3 Å². The second kappa shape index (κ2) is 11.8. The van der Waals surface area contributed by atoms with Crippen LogP contribution in [0.1, 0.15) is 30.6 Å². The first kappa shape index (κ1) is 28.0. The SMILES string of the molecule is CCC(Oc1c(-c2cc(OC)c(OC)c(OC)c2)oc2cc(OC)cc(OC)c2c1=O)c1ccc(C)c(Cl)c1. The van der Waals surface area contributed by atoms with Gasteiger partial charge in [0.2, 0.25) is 16.9 Å². The highest BCUT2D eigenvalue weighted by molar-refractivity contribution is 6.31. The van der Waals surface area contributed by atoms with Gasteiger partial charge in [0, 0.05) is 22.7 Å². The molecule has 8 nitrogen and oxygen atoms in total. The summed E-state index contributed by atoms with van der Waals surface area (Å²) < 4.78 is 40.3. The molecule has 0 spiro atoms. The molecular weight excluding hydrogens is 524 g/mol. The normalized spacial score (nSPS) is 11.7. The maximum absolute atomic E-state index is 14.1. The summed E-state index contributed by atoms with van der Waals surface area (Å²) in [5, 5.41) is 0.833. The minimum absolute atomic E-state index is 0.00351. The van der Waals surface area contributed by atoms with Gasteiger partial charge in [0.1, 0.15) is 28.6 Å². The van der Waals surface area contributed by atoms with Gasteiger partial charge in [-0.05, 0) is 42.7 Å². The molecule has 0 radical (unpaired) electrons. The Kier molecular flexibility index (Phi) is 8.45. The number of hydrogen-bond acceptors (Lipinski definition) is 8. The summed E-state index contributed by atoms with van der Waals surface area (Å²) >= 11 is 6.41. The van der Waals surface area contributed by atoms with Crippen molar-refractivity contribution in [2.75, 3.05) is 35.5 Å². The Balaban J connectivity index is 2.04.